The van der Waals surface area contributed by atoms with E-state index in [4.69, 9.17) is 0 Å². The van der Waals surface area contributed by atoms with E-state index in [0.29, 0.717) is 4.20 Å². The average Bonchev–Trinajstić information content (AvgIpc) is 1.41. The SMILES string of the molecule is CC.CC(=S)S.[Cl-]. The summed E-state index contributed by atoms with van der Waals surface area (Å²) in [6, 6.07) is 0. The molecule has 0 aromatic heterocycles. The second kappa shape index (κ2) is 15.9. The number of thiol groups is 1. The highest BCUT2D eigenvalue weighted by atomic mass is 35.5. The highest BCUT2D eigenvalue weighted by Gasteiger charge is 1.56. The molecule has 0 aromatic rings. The number of rotatable bonds is 0. The smallest absolute Gasteiger partial charge is 0.0416 e. The van der Waals surface area contributed by atoms with E-state index < -0.39 is 0 Å². The zero-order valence-electron chi connectivity index (χ0n) is 4.73. The molecule has 0 aromatic carbocycles. The summed E-state index contributed by atoms with van der Waals surface area (Å²) >= 11 is 8.10. The van der Waals surface area contributed by atoms with Crippen molar-refractivity contribution in [2.75, 3.05) is 0 Å². The number of hydrogen-bond acceptors (Lipinski definition) is 1. The molecular formula is C4H10ClS2-. The van der Waals surface area contributed by atoms with Crippen LogP contribution in [0.3, 0.4) is 0 Å². The van der Waals surface area contributed by atoms with Crippen LogP contribution in [0.5, 0.6) is 0 Å². The first-order valence-electron chi connectivity index (χ1n) is 1.93. The molecule has 0 amide bonds. The van der Waals surface area contributed by atoms with Crippen LogP contribution in [0.15, 0.2) is 0 Å². The van der Waals surface area contributed by atoms with Crippen molar-refractivity contribution < 1.29 is 12.4 Å². The summed E-state index contributed by atoms with van der Waals surface area (Å²) in [7, 11) is 0. The maximum atomic E-state index is 4.40. The molecule has 0 aliphatic carbocycles. The van der Waals surface area contributed by atoms with E-state index in [9.17, 15) is 0 Å². The van der Waals surface area contributed by atoms with Gasteiger partial charge in [0, 0.05) is 4.20 Å². The van der Waals surface area contributed by atoms with Crippen molar-refractivity contribution in [1.29, 1.82) is 0 Å². The van der Waals surface area contributed by atoms with Crippen LogP contribution in [0.25, 0.3) is 0 Å². The van der Waals surface area contributed by atoms with Gasteiger partial charge in [0.1, 0.15) is 0 Å². The fraction of sp³-hybridized carbons (Fsp3) is 0.750. The van der Waals surface area contributed by atoms with Crippen molar-refractivity contribution in [3.8, 4) is 0 Å². The third-order valence-electron chi connectivity index (χ3n) is 0. The Labute approximate surface area is 62.5 Å². The second-order valence-electron chi connectivity index (χ2n) is 0.519. The van der Waals surface area contributed by atoms with Crippen molar-refractivity contribution in [3.63, 3.8) is 0 Å². The largest absolute Gasteiger partial charge is 1.00 e. The number of hydrogen-bond donors (Lipinski definition) is 1. The van der Waals surface area contributed by atoms with E-state index >= 15 is 0 Å². The normalized spacial score (nSPS) is 4.57. The first-order chi connectivity index (χ1) is 2.73. The minimum absolute atomic E-state index is 0. The fourth-order valence-corrected chi connectivity index (χ4v) is 0. The van der Waals surface area contributed by atoms with Gasteiger partial charge in [-0.3, -0.25) is 0 Å². The molecule has 0 nitrogen and oxygen atoms in total. The van der Waals surface area contributed by atoms with Gasteiger partial charge in [-0.1, -0.05) is 26.1 Å². The molecule has 0 fully saturated rings. The average molecular weight is 158 g/mol. The van der Waals surface area contributed by atoms with Crippen molar-refractivity contribution in [2.45, 2.75) is 20.8 Å². The van der Waals surface area contributed by atoms with Crippen LogP contribution in [0.1, 0.15) is 20.8 Å². The Bertz CT molecular complexity index is 32.7. The van der Waals surface area contributed by atoms with Gasteiger partial charge < -0.3 is 12.4 Å². The lowest BCUT2D eigenvalue weighted by Gasteiger charge is -1.60. The van der Waals surface area contributed by atoms with Crippen molar-refractivity contribution in [3.05, 3.63) is 0 Å². The molecule has 0 saturated heterocycles. The minimum atomic E-state index is 0. The summed E-state index contributed by atoms with van der Waals surface area (Å²) in [5.41, 5.74) is 0. The minimum Gasteiger partial charge on any atom is -1.00 e. The van der Waals surface area contributed by atoms with Gasteiger partial charge in [-0.25, -0.2) is 0 Å². The molecule has 0 unspecified atom stereocenters. The summed E-state index contributed by atoms with van der Waals surface area (Å²) in [6.45, 7) is 5.76. The van der Waals surface area contributed by atoms with Crippen LogP contribution in [-0.2, 0) is 0 Å². The van der Waals surface area contributed by atoms with E-state index in [-0.39, 0.29) is 12.4 Å². The molecule has 0 N–H and O–H groups in total. The number of halogens is 1. The predicted octanol–water partition coefficient (Wildman–Crippen LogP) is -0.706. The Kier molecular flexibility index (Phi) is 35.5. The molecule has 0 aliphatic heterocycles. The lowest BCUT2D eigenvalue weighted by molar-refractivity contribution is -0.00000126. The second-order valence-corrected chi connectivity index (χ2v) is 2.10. The van der Waals surface area contributed by atoms with Crippen molar-refractivity contribution >= 4 is 29.0 Å². The van der Waals surface area contributed by atoms with Crippen LogP contribution in [0, 0.1) is 0 Å². The van der Waals surface area contributed by atoms with Gasteiger partial charge in [0.05, 0.1) is 0 Å². The summed E-state index contributed by atoms with van der Waals surface area (Å²) in [6.07, 6.45) is 0. The standard InChI is InChI=1S/C2H4S2.C2H6.ClH/c1-2(3)4;1-2;/h1H3,(H,3,4);1-2H3;1H/p-1. The van der Waals surface area contributed by atoms with Gasteiger partial charge in [-0.05, 0) is 6.92 Å². The van der Waals surface area contributed by atoms with Crippen LogP contribution in [0.4, 0.5) is 0 Å². The van der Waals surface area contributed by atoms with Crippen LogP contribution in [0.2, 0.25) is 0 Å². The highest BCUT2D eigenvalue weighted by Crippen LogP contribution is 1.73. The van der Waals surface area contributed by atoms with Gasteiger partial charge in [0.2, 0.25) is 0 Å². The molecule has 0 spiro atoms. The molecule has 0 saturated carbocycles. The van der Waals surface area contributed by atoms with Crippen LogP contribution in [-0.4, -0.2) is 4.20 Å². The summed E-state index contributed by atoms with van der Waals surface area (Å²) in [5, 5.41) is 0. The van der Waals surface area contributed by atoms with Crippen LogP contribution >= 0.6 is 24.8 Å². The summed E-state index contributed by atoms with van der Waals surface area (Å²) in [5.74, 6) is 0. The monoisotopic (exact) mass is 157 g/mol. The molecule has 0 rings (SSSR count). The van der Waals surface area contributed by atoms with E-state index in [1.54, 1.807) is 6.92 Å². The Morgan fingerprint density at radius 3 is 1.43 bits per heavy atom. The van der Waals surface area contributed by atoms with Gasteiger partial charge >= 0.3 is 0 Å². The van der Waals surface area contributed by atoms with Gasteiger partial charge in [0.25, 0.3) is 0 Å². The zero-order valence-corrected chi connectivity index (χ0v) is 7.20. The van der Waals surface area contributed by atoms with Gasteiger partial charge in [-0.2, -0.15) is 0 Å². The highest BCUT2D eigenvalue weighted by molar-refractivity contribution is 8.11. The van der Waals surface area contributed by atoms with Gasteiger partial charge in [0.15, 0.2) is 0 Å². The maximum Gasteiger partial charge on any atom is 0.0416 e. The predicted molar refractivity (Wildman–Crippen MR) is 38.6 cm³/mol. The Hall–Kier alpha value is 0.730. The molecule has 0 atom stereocenters. The first-order valence-corrected chi connectivity index (χ1v) is 2.78. The molecule has 7 heavy (non-hydrogen) atoms. The summed E-state index contributed by atoms with van der Waals surface area (Å²) < 4.78 is 0.694. The van der Waals surface area contributed by atoms with E-state index in [0.717, 1.165) is 0 Å². The van der Waals surface area contributed by atoms with E-state index in [1.807, 2.05) is 13.8 Å². The van der Waals surface area contributed by atoms with Crippen molar-refractivity contribution in [1.82, 2.24) is 0 Å². The zero-order chi connectivity index (χ0) is 5.58. The molecule has 3 heteroatoms. The Balaban J connectivity index is -0.0000000480. The maximum absolute atomic E-state index is 4.40. The third-order valence-corrected chi connectivity index (χ3v) is 0. The molecule has 0 radical (unpaired) electrons. The lowest BCUT2D eigenvalue weighted by Crippen LogP contribution is -3.00. The number of thiocarbonyl (C=S) groups is 1. The quantitative estimate of drug-likeness (QED) is 0.358. The Morgan fingerprint density at radius 1 is 1.43 bits per heavy atom. The Morgan fingerprint density at radius 2 is 1.43 bits per heavy atom. The lowest BCUT2D eigenvalue weighted by atomic mass is 11.0. The molecular weight excluding hydrogens is 148 g/mol. The fourth-order valence-electron chi connectivity index (χ4n) is 0. The van der Waals surface area contributed by atoms with Crippen LogP contribution < -0.4 is 12.4 Å². The third kappa shape index (κ3) is 283. The van der Waals surface area contributed by atoms with E-state index in [1.165, 1.54) is 0 Å². The summed E-state index contributed by atoms with van der Waals surface area (Å²) in [4.78, 5) is 0. The topological polar surface area (TPSA) is 0 Å². The van der Waals surface area contributed by atoms with E-state index in [2.05, 4.69) is 24.8 Å². The molecule has 0 aliphatic rings. The van der Waals surface area contributed by atoms with Gasteiger partial charge in [-0.15, -0.1) is 12.6 Å². The molecule has 0 heterocycles. The molecule has 0 bridgehead atoms. The van der Waals surface area contributed by atoms with Crippen molar-refractivity contribution in [2.24, 2.45) is 0 Å². The first kappa shape index (κ1) is 15.6. The molecule has 46 valence electrons.